The van der Waals surface area contributed by atoms with Gasteiger partial charge in [-0.2, -0.15) is 0 Å². The van der Waals surface area contributed by atoms with Crippen LogP contribution in [0, 0.1) is 0 Å². The first-order valence-corrected chi connectivity index (χ1v) is 10.2. The van der Waals surface area contributed by atoms with Crippen LogP contribution in [0.3, 0.4) is 0 Å². The number of fused-ring (bicyclic) bond motifs is 1. The second-order valence-electron chi connectivity index (χ2n) is 6.75. The van der Waals surface area contributed by atoms with Crippen LogP contribution in [-0.4, -0.2) is 16.8 Å². The molecule has 0 unspecified atom stereocenters. The third kappa shape index (κ3) is 3.97. The minimum Gasteiger partial charge on any atom is -0.348 e. The first-order valence-electron chi connectivity index (χ1n) is 9.41. The Labute approximate surface area is 167 Å². The lowest BCUT2D eigenvalue weighted by atomic mass is 9.95. The summed E-state index contributed by atoms with van der Waals surface area (Å²) in [5, 5.41) is 6.54. The Hall–Kier alpha value is -2.99. The Balaban J connectivity index is 1.58. The van der Waals surface area contributed by atoms with Crippen molar-refractivity contribution in [1.82, 2.24) is 10.3 Å². The van der Waals surface area contributed by atoms with E-state index in [9.17, 15) is 9.59 Å². The van der Waals surface area contributed by atoms with Gasteiger partial charge in [0.15, 0.2) is 0 Å². The molecule has 2 aromatic heterocycles. The molecule has 0 radical (unpaired) electrons. The molecule has 0 saturated heterocycles. The highest BCUT2D eigenvalue weighted by molar-refractivity contribution is 7.17. The number of amides is 2. The molecule has 3 aromatic rings. The minimum absolute atomic E-state index is 0.139. The molecule has 28 heavy (non-hydrogen) atoms. The average molecular weight is 391 g/mol. The van der Waals surface area contributed by atoms with Crippen LogP contribution in [-0.2, 0) is 19.4 Å². The van der Waals surface area contributed by atoms with Gasteiger partial charge in [-0.05, 0) is 48.9 Å². The smallest absolute Gasteiger partial charge is 0.274 e. The molecule has 1 aliphatic carbocycles. The van der Waals surface area contributed by atoms with Crippen LogP contribution in [0.2, 0.25) is 0 Å². The average Bonchev–Trinajstić information content (AvgIpc) is 3.11. The number of aromatic nitrogens is 1. The number of benzene rings is 1. The number of nitrogens with one attached hydrogen (secondary N) is 2. The molecule has 1 aliphatic rings. The SMILES string of the molecule is O=C(Nc1sc2c(c1C(=O)NCc1ccccc1)CCCC2)c1ccccn1. The van der Waals surface area contributed by atoms with Gasteiger partial charge in [-0.1, -0.05) is 36.4 Å². The van der Waals surface area contributed by atoms with Crippen LogP contribution < -0.4 is 10.6 Å². The van der Waals surface area contributed by atoms with Crippen molar-refractivity contribution in [3.05, 3.63) is 82.0 Å². The zero-order chi connectivity index (χ0) is 19.3. The Kier molecular flexibility index (Phi) is 5.48. The summed E-state index contributed by atoms with van der Waals surface area (Å²) in [7, 11) is 0. The highest BCUT2D eigenvalue weighted by Crippen LogP contribution is 2.38. The van der Waals surface area contributed by atoms with Crippen molar-refractivity contribution < 1.29 is 9.59 Å². The number of anilines is 1. The number of carbonyl (C=O) groups excluding carboxylic acids is 2. The maximum atomic E-state index is 13.0. The highest BCUT2D eigenvalue weighted by Gasteiger charge is 2.26. The molecule has 4 rings (SSSR count). The number of thiophene rings is 1. The number of pyridine rings is 1. The summed E-state index contributed by atoms with van der Waals surface area (Å²) in [6.45, 7) is 0.456. The normalized spacial score (nSPS) is 12.9. The van der Waals surface area contributed by atoms with Crippen LogP contribution in [0.4, 0.5) is 5.00 Å². The predicted octanol–water partition coefficient (Wildman–Crippen LogP) is 4.20. The summed E-state index contributed by atoms with van der Waals surface area (Å²) >= 11 is 1.51. The van der Waals surface area contributed by atoms with E-state index in [4.69, 9.17) is 0 Å². The van der Waals surface area contributed by atoms with E-state index in [1.54, 1.807) is 24.4 Å². The van der Waals surface area contributed by atoms with E-state index < -0.39 is 0 Å². The van der Waals surface area contributed by atoms with Crippen molar-refractivity contribution in [2.45, 2.75) is 32.2 Å². The largest absolute Gasteiger partial charge is 0.348 e. The maximum Gasteiger partial charge on any atom is 0.274 e. The highest BCUT2D eigenvalue weighted by atomic mass is 32.1. The zero-order valence-corrected chi connectivity index (χ0v) is 16.2. The lowest BCUT2D eigenvalue weighted by molar-refractivity contribution is 0.0951. The van der Waals surface area contributed by atoms with E-state index in [1.807, 2.05) is 30.3 Å². The van der Waals surface area contributed by atoms with E-state index in [0.29, 0.717) is 22.8 Å². The topological polar surface area (TPSA) is 71.1 Å². The Morgan fingerprint density at radius 3 is 2.54 bits per heavy atom. The van der Waals surface area contributed by atoms with Crippen molar-refractivity contribution in [3.8, 4) is 0 Å². The number of rotatable bonds is 5. The standard InChI is InChI=1S/C22H21N3O2S/c26-20(17-11-6-7-13-23-17)25-22-19(16-10-4-5-12-18(16)28-22)21(27)24-14-15-8-2-1-3-9-15/h1-3,6-9,11,13H,4-5,10,12,14H2,(H,24,27)(H,25,26). The molecule has 0 bridgehead atoms. The molecule has 0 saturated carbocycles. The van der Waals surface area contributed by atoms with Gasteiger partial charge in [0, 0.05) is 17.6 Å². The minimum atomic E-state index is -0.295. The van der Waals surface area contributed by atoms with E-state index in [0.717, 1.165) is 36.8 Å². The Morgan fingerprint density at radius 1 is 0.964 bits per heavy atom. The predicted molar refractivity (Wildman–Crippen MR) is 111 cm³/mol. The van der Waals surface area contributed by atoms with Crippen LogP contribution in [0.1, 0.15) is 49.7 Å². The fourth-order valence-electron chi connectivity index (χ4n) is 3.42. The Bertz CT molecular complexity index is 984. The van der Waals surface area contributed by atoms with Crippen molar-refractivity contribution in [2.24, 2.45) is 0 Å². The van der Waals surface area contributed by atoms with Gasteiger partial charge in [-0.3, -0.25) is 14.6 Å². The van der Waals surface area contributed by atoms with Crippen LogP contribution >= 0.6 is 11.3 Å². The van der Waals surface area contributed by atoms with Crippen molar-refractivity contribution in [2.75, 3.05) is 5.32 Å². The van der Waals surface area contributed by atoms with Gasteiger partial charge in [0.25, 0.3) is 11.8 Å². The van der Waals surface area contributed by atoms with Crippen molar-refractivity contribution in [1.29, 1.82) is 0 Å². The summed E-state index contributed by atoms with van der Waals surface area (Å²) in [6.07, 6.45) is 5.60. The van der Waals surface area contributed by atoms with E-state index >= 15 is 0 Å². The summed E-state index contributed by atoms with van der Waals surface area (Å²) in [4.78, 5) is 30.9. The number of aryl methyl sites for hydroxylation is 1. The van der Waals surface area contributed by atoms with E-state index in [-0.39, 0.29) is 11.8 Å². The zero-order valence-electron chi connectivity index (χ0n) is 15.4. The quantitative estimate of drug-likeness (QED) is 0.685. The van der Waals surface area contributed by atoms with Gasteiger partial charge in [-0.25, -0.2) is 0 Å². The van der Waals surface area contributed by atoms with Gasteiger partial charge in [-0.15, -0.1) is 11.3 Å². The second kappa shape index (κ2) is 8.35. The molecule has 5 nitrogen and oxygen atoms in total. The van der Waals surface area contributed by atoms with E-state index in [2.05, 4.69) is 15.6 Å². The van der Waals surface area contributed by atoms with Crippen LogP contribution in [0.5, 0.6) is 0 Å². The fraction of sp³-hybridized carbons (Fsp3) is 0.227. The molecule has 2 N–H and O–H groups in total. The molecular weight excluding hydrogens is 370 g/mol. The van der Waals surface area contributed by atoms with Crippen molar-refractivity contribution in [3.63, 3.8) is 0 Å². The first-order chi connectivity index (χ1) is 13.7. The van der Waals surface area contributed by atoms with Gasteiger partial charge >= 0.3 is 0 Å². The van der Waals surface area contributed by atoms with Crippen LogP contribution in [0.15, 0.2) is 54.7 Å². The molecule has 0 atom stereocenters. The Morgan fingerprint density at radius 2 is 1.75 bits per heavy atom. The molecule has 0 spiro atoms. The first kappa shape index (κ1) is 18.4. The molecule has 2 heterocycles. The number of nitrogens with zero attached hydrogens (tertiary/aromatic N) is 1. The molecule has 1 aromatic carbocycles. The number of hydrogen-bond acceptors (Lipinski definition) is 4. The lowest BCUT2D eigenvalue weighted by Gasteiger charge is -2.13. The molecular formula is C22H21N3O2S. The third-order valence-corrected chi connectivity index (χ3v) is 6.03. The van der Waals surface area contributed by atoms with Crippen LogP contribution in [0.25, 0.3) is 0 Å². The van der Waals surface area contributed by atoms with Gasteiger partial charge in [0.05, 0.1) is 5.56 Å². The summed E-state index contributed by atoms with van der Waals surface area (Å²) in [5.74, 6) is -0.434. The molecule has 0 aliphatic heterocycles. The third-order valence-electron chi connectivity index (χ3n) is 4.82. The molecule has 2 amide bonds. The summed E-state index contributed by atoms with van der Waals surface area (Å²) in [5.41, 5.74) is 3.07. The van der Waals surface area contributed by atoms with Gasteiger partial charge in [0.2, 0.25) is 0 Å². The van der Waals surface area contributed by atoms with E-state index in [1.165, 1.54) is 16.2 Å². The summed E-state index contributed by atoms with van der Waals surface area (Å²) < 4.78 is 0. The van der Waals surface area contributed by atoms with Crippen molar-refractivity contribution >= 4 is 28.2 Å². The number of hydrogen-bond donors (Lipinski definition) is 2. The molecule has 6 heteroatoms. The lowest BCUT2D eigenvalue weighted by Crippen LogP contribution is -2.25. The molecule has 142 valence electrons. The maximum absolute atomic E-state index is 13.0. The fourth-order valence-corrected chi connectivity index (χ4v) is 4.71. The van der Waals surface area contributed by atoms with Gasteiger partial charge < -0.3 is 10.6 Å². The monoisotopic (exact) mass is 391 g/mol. The number of carbonyl (C=O) groups is 2. The summed E-state index contributed by atoms with van der Waals surface area (Å²) in [6, 6.07) is 15.0. The second-order valence-corrected chi connectivity index (χ2v) is 7.86. The van der Waals surface area contributed by atoms with Gasteiger partial charge in [0.1, 0.15) is 10.7 Å². The molecule has 0 fully saturated rings.